The molecule has 1 heterocycles. The Balaban J connectivity index is 2.30. The van der Waals surface area contributed by atoms with E-state index in [9.17, 15) is 13.6 Å². The first-order valence-electron chi connectivity index (χ1n) is 5.19. The Morgan fingerprint density at radius 1 is 1.41 bits per heavy atom. The fourth-order valence-electron chi connectivity index (χ4n) is 1.74. The average Bonchev–Trinajstić information content (AvgIpc) is 2.70. The largest absolute Gasteiger partial charge is 0.360 e. The summed E-state index contributed by atoms with van der Waals surface area (Å²) >= 11 is 0. The number of hydrogen-bond acceptors (Lipinski definition) is 1. The van der Waals surface area contributed by atoms with E-state index in [4.69, 9.17) is 0 Å². The van der Waals surface area contributed by atoms with Crippen molar-refractivity contribution >= 4 is 16.8 Å². The van der Waals surface area contributed by atoms with E-state index < -0.39 is 18.9 Å². The molecule has 0 spiro atoms. The first-order valence-corrected chi connectivity index (χ1v) is 5.19. The molecule has 1 N–H and O–H groups in total. The highest BCUT2D eigenvalue weighted by molar-refractivity contribution is 6.06. The van der Waals surface area contributed by atoms with Gasteiger partial charge in [0.15, 0.2) is 0 Å². The molecule has 0 atom stereocenters. The Bertz CT molecular complexity index is 536. The Hall–Kier alpha value is -1.91. The van der Waals surface area contributed by atoms with Gasteiger partial charge in [-0.3, -0.25) is 4.79 Å². The molecule has 0 radical (unpaired) electrons. The highest BCUT2D eigenvalue weighted by Gasteiger charge is 2.18. The number of nitrogens with zero attached hydrogens (tertiary/aromatic N) is 1. The van der Waals surface area contributed by atoms with E-state index in [-0.39, 0.29) is 0 Å². The number of carbonyl (C=O) groups excluding carboxylic acids is 1. The minimum absolute atomic E-state index is 0.400. The molecule has 2 rings (SSSR count). The van der Waals surface area contributed by atoms with Crippen LogP contribution in [0.2, 0.25) is 0 Å². The monoisotopic (exact) mass is 238 g/mol. The number of halogens is 2. The van der Waals surface area contributed by atoms with E-state index in [0.29, 0.717) is 5.56 Å². The van der Waals surface area contributed by atoms with Crippen molar-refractivity contribution in [3.63, 3.8) is 0 Å². The molecular formula is C12H12F2N2O. The number of nitrogens with one attached hydrogen (secondary N) is 1. The molecule has 0 unspecified atom stereocenters. The van der Waals surface area contributed by atoms with Gasteiger partial charge in [-0.15, -0.1) is 0 Å². The average molecular weight is 238 g/mol. The van der Waals surface area contributed by atoms with Crippen LogP contribution in [0.1, 0.15) is 10.4 Å². The molecule has 1 aromatic carbocycles. The summed E-state index contributed by atoms with van der Waals surface area (Å²) in [5.41, 5.74) is 1.24. The lowest BCUT2D eigenvalue weighted by Crippen LogP contribution is -2.31. The zero-order valence-corrected chi connectivity index (χ0v) is 9.28. The predicted molar refractivity (Wildman–Crippen MR) is 61.3 cm³/mol. The van der Waals surface area contributed by atoms with Crippen molar-refractivity contribution in [3.8, 4) is 0 Å². The van der Waals surface area contributed by atoms with Gasteiger partial charge in [0, 0.05) is 24.1 Å². The Morgan fingerprint density at radius 3 is 2.82 bits per heavy atom. The molecule has 3 nitrogen and oxygen atoms in total. The number of hydrogen-bond donors (Lipinski definition) is 1. The molecule has 0 bridgehead atoms. The number of H-pyrrole nitrogens is 1. The van der Waals surface area contributed by atoms with Crippen molar-refractivity contribution in [1.29, 1.82) is 0 Å². The molecule has 0 saturated heterocycles. The van der Waals surface area contributed by atoms with Crippen molar-refractivity contribution in [3.05, 3.63) is 36.0 Å². The second kappa shape index (κ2) is 4.53. The first-order chi connectivity index (χ1) is 8.09. The summed E-state index contributed by atoms with van der Waals surface area (Å²) in [6.45, 7) is -0.557. The molecule has 0 saturated carbocycles. The Labute approximate surface area is 97.0 Å². The van der Waals surface area contributed by atoms with Gasteiger partial charge in [0.25, 0.3) is 12.3 Å². The van der Waals surface area contributed by atoms with Gasteiger partial charge in [-0.1, -0.05) is 18.2 Å². The normalized spacial score (nSPS) is 11.1. The maximum Gasteiger partial charge on any atom is 0.255 e. The van der Waals surface area contributed by atoms with E-state index in [0.717, 1.165) is 15.8 Å². The number of amides is 1. The lowest BCUT2D eigenvalue weighted by Gasteiger charge is -2.15. The van der Waals surface area contributed by atoms with E-state index in [1.807, 2.05) is 12.1 Å². The SMILES string of the molecule is CN(CC(F)F)C(=O)c1c[nH]c2ccccc12. The number of aromatic amines is 1. The fraction of sp³-hybridized carbons (Fsp3) is 0.250. The van der Waals surface area contributed by atoms with Gasteiger partial charge in [-0.2, -0.15) is 0 Å². The fourth-order valence-corrected chi connectivity index (χ4v) is 1.74. The van der Waals surface area contributed by atoms with Gasteiger partial charge >= 0.3 is 0 Å². The molecule has 1 aromatic heterocycles. The van der Waals surface area contributed by atoms with Crippen molar-refractivity contribution in [1.82, 2.24) is 9.88 Å². The van der Waals surface area contributed by atoms with Crippen molar-refractivity contribution < 1.29 is 13.6 Å². The number of benzene rings is 1. The number of aromatic nitrogens is 1. The van der Waals surface area contributed by atoms with Crippen LogP contribution >= 0.6 is 0 Å². The van der Waals surface area contributed by atoms with Crippen LogP contribution in [0, 0.1) is 0 Å². The van der Waals surface area contributed by atoms with Crippen molar-refractivity contribution in [2.24, 2.45) is 0 Å². The van der Waals surface area contributed by atoms with Crippen LogP contribution in [-0.4, -0.2) is 35.8 Å². The van der Waals surface area contributed by atoms with Crippen molar-refractivity contribution in [2.45, 2.75) is 6.43 Å². The number of para-hydroxylation sites is 1. The summed E-state index contributed by atoms with van der Waals surface area (Å²) < 4.78 is 24.4. The van der Waals surface area contributed by atoms with Gasteiger partial charge in [-0.25, -0.2) is 8.78 Å². The van der Waals surface area contributed by atoms with Crippen molar-refractivity contribution in [2.75, 3.05) is 13.6 Å². The summed E-state index contributed by atoms with van der Waals surface area (Å²) in [6, 6.07) is 7.27. The molecule has 17 heavy (non-hydrogen) atoms. The third-order valence-electron chi connectivity index (χ3n) is 2.58. The lowest BCUT2D eigenvalue weighted by molar-refractivity contribution is 0.0622. The van der Waals surface area contributed by atoms with E-state index in [2.05, 4.69) is 4.98 Å². The molecule has 0 aliphatic heterocycles. The smallest absolute Gasteiger partial charge is 0.255 e. The third kappa shape index (κ3) is 2.27. The maximum absolute atomic E-state index is 12.2. The standard InChI is InChI=1S/C12H12F2N2O/c1-16(7-11(13)14)12(17)9-6-15-10-5-3-2-4-8(9)10/h2-6,11,15H,7H2,1H3. The number of rotatable bonds is 3. The Kier molecular flexibility index (Phi) is 3.08. The topological polar surface area (TPSA) is 36.1 Å². The number of carbonyl (C=O) groups is 1. The summed E-state index contributed by atoms with van der Waals surface area (Å²) in [6.07, 6.45) is -0.969. The molecule has 1 amide bonds. The minimum Gasteiger partial charge on any atom is -0.360 e. The molecule has 0 aliphatic rings. The third-order valence-corrected chi connectivity index (χ3v) is 2.58. The number of fused-ring (bicyclic) bond motifs is 1. The molecular weight excluding hydrogens is 226 g/mol. The number of alkyl halides is 2. The zero-order chi connectivity index (χ0) is 12.4. The molecule has 0 fully saturated rings. The molecule has 5 heteroatoms. The van der Waals surface area contributed by atoms with Crippen LogP contribution in [0.25, 0.3) is 10.9 Å². The second-order valence-corrected chi connectivity index (χ2v) is 3.82. The van der Waals surface area contributed by atoms with Gasteiger partial charge < -0.3 is 9.88 Å². The van der Waals surface area contributed by atoms with Crippen LogP contribution in [0.3, 0.4) is 0 Å². The van der Waals surface area contributed by atoms with Crippen LogP contribution in [0.5, 0.6) is 0 Å². The maximum atomic E-state index is 12.2. The van der Waals surface area contributed by atoms with E-state index in [1.54, 1.807) is 18.3 Å². The molecule has 90 valence electrons. The summed E-state index contributed by atoms with van der Waals surface area (Å²) in [5, 5.41) is 0.749. The van der Waals surface area contributed by atoms with Gasteiger partial charge in [0.1, 0.15) is 0 Å². The highest BCUT2D eigenvalue weighted by Crippen LogP contribution is 2.19. The summed E-state index contributed by atoms with van der Waals surface area (Å²) in [5.74, 6) is -0.400. The van der Waals surface area contributed by atoms with Crippen LogP contribution in [0.15, 0.2) is 30.5 Å². The predicted octanol–water partition coefficient (Wildman–Crippen LogP) is 2.51. The molecule has 0 aliphatic carbocycles. The van der Waals surface area contributed by atoms with Crippen LogP contribution < -0.4 is 0 Å². The molecule has 2 aromatic rings. The van der Waals surface area contributed by atoms with E-state index in [1.165, 1.54) is 7.05 Å². The zero-order valence-electron chi connectivity index (χ0n) is 9.28. The van der Waals surface area contributed by atoms with E-state index >= 15 is 0 Å². The first kappa shape index (κ1) is 11.6. The van der Waals surface area contributed by atoms with Gasteiger partial charge in [0.05, 0.1) is 12.1 Å². The summed E-state index contributed by atoms with van der Waals surface area (Å²) in [7, 11) is 1.37. The highest BCUT2D eigenvalue weighted by atomic mass is 19.3. The Morgan fingerprint density at radius 2 is 2.12 bits per heavy atom. The van der Waals surface area contributed by atoms with Gasteiger partial charge in [-0.05, 0) is 6.07 Å². The minimum atomic E-state index is -2.52. The van der Waals surface area contributed by atoms with Gasteiger partial charge in [0.2, 0.25) is 0 Å². The van der Waals surface area contributed by atoms with Crippen LogP contribution in [0.4, 0.5) is 8.78 Å². The second-order valence-electron chi connectivity index (χ2n) is 3.82. The summed E-state index contributed by atoms with van der Waals surface area (Å²) in [4.78, 5) is 15.9. The lowest BCUT2D eigenvalue weighted by atomic mass is 10.1. The van der Waals surface area contributed by atoms with Crippen LogP contribution in [-0.2, 0) is 0 Å². The quantitative estimate of drug-likeness (QED) is 0.876.